The number of ether oxygens (including phenoxy) is 1. The third kappa shape index (κ3) is 5.90. The lowest BCUT2D eigenvalue weighted by molar-refractivity contribution is 0.384. The number of aryl methyl sites for hydroxylation is 1. The van der Waals surface area contributed by atoms with Gasteiger partial charge in [0.1, 0.15) is 5.75 Å². The van der Waals surface area contributed by atoms with Gasteiger partial charge in [0.2, 0.25) is 0 Å². The molecule has 0 aromatic heterocycles. The van der Waals surface area contributed by atoms with Gasteiger partial charge in [-0.3, -0.25) is 0 Å². The first kappa shape index (κ1) is 19.6. The van der Waals surface area contributed by atoms with Crippen LogP contribution in [0.2, 0.25) is 0 Å². The smallest absolute Gasteiger partial charge is 0.118 e. The molecule has 0 atom stereocenters. The summed E-state index contributed by atoms with van der Waals surface area (Å²) in [4.78, 5) is 0. The molecule has 142 valence electrons. The van der Waals surface area contributed by atoms with Gasteiger partial charge in [0, 0.05) is 11.5 Å². The van der Waals surface area contributed by atoms with Crippen molar-refractivity contribution in [3.63, 3.8) is 0 Å². The Labute approximate surface area is 165 Å². The molecule has 1 aliphatic carbocycles. The predicted octanol–water partition coefficient (Wildman–Crippen LogP) is 6.75. The average molecular weight is 361 g/mol. The van der Waals surface area contributed by atoms with Crippen molar-refractivity contribution >= 4 is 0 Å². The van der Waals surface area contributed by atoms with E-state index in [4.69, 9.17) is 4.74 Å². The number of methoxy groups -OCH3 is 1. The monoisotopic (exact) mass is 360 g/mol. The van der Waals surface area contributed by atoms with Crippen LogP contribution in [0.3, 0.4) is 0 Å². The van der Waals surface area contributed by atoms with E-state index in [-0.39, 0.29) is 0 Å². The Balaban J connectivity index is 1.49. The standard InChI is InChI=1S/C26H32O/c1-3-4-5-6-21-9-15-24(16-10-21)25-17-11-22(12-18-25)7-8-23-13-19-26(27-2)20-14-23/h9-10,13-16,19-20,22,25H,3-6,11-12,17-18H2,1-2H3/t22-,25-. The number of unbranched alkanes of at least 4 members (excludes halogenated alkanes) is 2. The van der Waals surface area contributed by atoms with Crippen molar-refractivity contribution < 1.29 is 4.74 Å². The number of benzene rings is 2. The van der Waals surface area contributed by atoms with Crippen molar-refractivity contribution in [1.82, 2.24) is 0 Å². The Morgan fingerprint density at radius 3 is 2.22 bits per heavy atom. The fourth-order valence-corrected chi connectivity index (χ4v) is 3.97. The summed E-state index contributed by atoms with van der Waals surface area (Å²) in [6, 6.07) is 17.5. The van der Waals surface area contributed by atoms with Crippen LogP contribution in [-0.2, 0) is 6.42 Å². The third-order valence-corrected chi connectivity index (χ3v) is 5.76. The molecule has 1 saturated carbocycles. The first-order valence-electron chi connectivity index (χ1n) is 10.5. The van der Waals surface area contributed by atoms with Crippen LogP contribution >= 0.6 is 0 Å². The number of hydrogen-bond donors (Lipinski definition) is 0. The van der Waals surface area contributed by atoms with Crippen LogP contribution in [0.1, 0.15) is 74.5 Å². The van der Waals surface area contributed by atoms with Crippen molar-refractivity contribution in [2.24, 2.45) is 5.92 Å². The molecule has 1 aliphatic rings. The number of hydrogen-bond acceptors (Lipinski definition) is 1. The summed E-state index contributed by atoms with van der Waals surface area (Å²) in [7, 11) is 1.69. The van der Waals surface area contributed by atoms with Crippen LogP contribution in [0.4, 0.5) is 0 Å². The van der Waals surface area contributed by atoms with Gasteiger partial charge in [-0.05, 0) is 79.8 Å². The first-order chi connectivity index (χ1) is 13.3. The third-order valence-electron chi connectivity index (χ3n) is 5.76. The van der Waals surface area contributed by atoms with Gasteiger partial charge in [-0.15, -0.1) is 0 Å². The molecule has 0 saturated heterocycles. The largest absolute Gasteiger partial charge is 0.497 e. The zero-order valence-corrected chi connectivity index (χ0v) is 16.8. The van der Waals surface area contributed by atoms with Gasteiger partial charge in [-0.2, -0.15) is 0 Å². The molecule has 1 heteroatoms. The summed E-state index contributed by atoms with van der Waals surface area (Å²) in [5.41, 5.74) is 4.10. The van der Waals surface area contributed by atoms with E-state index in [9.17, 15) is 0 Å². The molecule has 2 aromatic rings. The highest BCUT2D eigenvalue weighted by Crippen LogP contribution is 2.35. The van der Waals surface area contributed by atoms with Crippen LogP contribution in [0.15, 0.2) is 48.5 Å². The Morgan fingerprint density at radius 1 is 0.889 bits per heavy atom. The van der Waals surface area contributed by atoms with Gasteiger partial charge >= 0.3 is 0 Å². The highest BCUT2D eigenvalue weighted by atomic mass is 16.5. The molecule has 0 amide bonds. The second-order valence-corrected chi connectivity index (χ2v) is 7.75. The molecule has 0 N–H and O–H groups in total. The molecular formula is C26H32O. The minimum absolute atomic E-state index is 0.539. The highest BCUT2D eigenvalue weighted by molar-refractivity contribution is 5.38. The lowest BCUT2D eigenvalue weighted by Gasteiger charge is -2.26. The normalized spacial score (nSPS) is 19.2. The average Bonchev–Trinajstić information content (AvgIpc) is 2.74. The predicted molar refractivity (Wildman–Crippen MR) is 114 cm³/mol. The summed E-state index contributed by atoms with van der Waals surface area (Å²) in [6.07, 6.45) is 10.1. The van der Waals surface area contributed by atoms with Gasteiger partial charge < -0.3 is 4.74 Å². The molecule has 0 spiro atoms. The van der Waals surface area contributed by atoms with Crippen molar-refractivity contribution in [2.75, 3.05) is 7.11 Å². The summed E-state index contributed by atoms with van der Waals surface area (Å²) in [5.74, 6) is 8.98. The Kier molecular flexibility index (Phi) is 7.40. The van der Waals surface area contributed by atoms with E-state index >= 15 is 0 Å². The molecule has 0 heterocycles. The topological polar surface area (TPSA) is 9.23 Å². The summed E-state index contributed by atoms with van der Waals surface area (Å²) in [6.45, 7) is 2.26. The summed E-state index contributed by atoms with van der Waals surface area (Å²) >= 11 is 0. The molecule has 1 nitrogen and oxygen atoms in total. The Bertz CT molecular complexity index is 738. The van der Waals surface area contributed by atoms with Crippen molar-refractivity contribution in [2.45, 2.75) is 64.2 Å². The van der Waals surface area contributed by atoms with E-state index in [0.29, 0.717) is 11.8 Å². The maximum atomic E-state index is 5.20. The lowest BCUT2D eigenvalue weighted by atomic mass is 9.78. The quantitative estimate of drug-likeness (QED) is 0.409. The van der Waals surface area contributed by atoms with Gasteiger partial charge in [0.05, 0.1) is 7.11 Å². The van der Waals surface area contributed by atoms with Crippen LogP contribution in [0, 0.1) is 17.8 Å². The molecule has 27 heavy (non-hydrogen) atoms. The van der Waals surface area contributed by atoms with Gasteiger partial charge in [-0.25, -0.2) is 0 Å². The van der Waals surface area contributed by atoms with E-state index in [1.807, 2.05) is 24.3 Å². The molecule has 1 fully saturated rings. The lowest BCUT2D eigenvalue weighted by Crippen LogP contribution is -2.12. The maximum absolute atomic E-state index is 5.20. The van der Waals surface area contributed by atoms with Crippen LogP contribution < -0.4 is 4.74 Å². The highest BCUT2D eigenvalue weighted by Gasteiger charge is 2.21. The van der Waals surface area contributed by atoms with Crippen molar-refractivity contribution in [3.05, 3.63) is 65.2 Å². The van der Waals surface area contributed by atoms with Crippen LogP contribution in [-0.4, -0.2) is 7.11 Å². The SMILES string of the molecule is CCCCCc1ccc([C@H]2CC[C@H](C#Cc3ccc(OC)cc3)CC2)cc1. The minimum atomic E-state index is 0.539. The Hall–Kier alpha value is -2.20. The molecule has 0 unspecified atom stereocenters. The van der Waals surface area contributed by atoms with Crippen LogP contribution in [0.25, 0.3) is 0 Å². The second-order valence-electron chi connectivity index (χ2n) is 7.75. The zero-order valence-electron chi connectivity index (χ0n) is 16.8. The first-order valence-corrected chi connectivity index (χ1v) is 10.5. The number of rotatable bonds is 6. The molecule has 3 rings (SSSR count). The molecule has 0 bridgehead atoms. The fourth-order valence-electron chi connectivity index (χ4n) is 3.97. The second kappa shape index (κ2) is 10.2. The van der Waals surface area contributed by atoms with E-state index in [1.165, 1.54) is 62.5 Å². The zero-order chi connectivity index (χ0) is 18.9. The van der Waals surface area contributed by atoms with E-state index < -0.39 is 0 Å². The summed E-state index contributed by atoms with van der Waals surface area (Å²) in [5, 5.41) is 0. The van der Waals surface area contributed by atoms with Gasteiger partial charge in [-0.1, -0.05) is 55.9 Å². The van der Waals surface area contributed by atoms with Crippen molar-refractivity contribution in [3.8, 4) is 17.6 Å². The van der Waals surface area contributed by atoms with Crippen LogP contribution in [0.5, 0.6) is 5.75 Å². The van der Waals surface area contributed by atoms with Gasteiger partial charge in [0.15, 0.2) is 0 Å². The maximum Gasteiger partial charge on any atom is 0.118 e. The molecule has 2 aromatic carbocycles. The minimum Gasteiger partial charge on any atom is -0.497 e. The fraction of sp³-hybridized carbons (Fsp3) is 0.462. The molecule has 0 radical (unpaired) electrons. The van der Waals surface area contributed by atoms with E-state index in [2.05, 4.69) is 43.0 Å². The van der Waals surface area contributed by atoms with Crippen molar-refractivity contribution in [1.29, 1.82) is 0 Å². The molecular weight excluding hydrogens is 328 g/mol. The summed E-state index contributed by atoms with van der Waals surface area (Å²) < 4.78 is 5.20. The molecule has 0 aliphatic heterocycles. The van der Waals surface area contributed by atoms with Gasteiger partial charge in [0.25, 0.3) is 0 Å². The Morgan fingerprint density at radius 2 is 1.59 bits per heavy atom. The van der Waals surface area contributed by atoms with E-state index in [1.54, 1.807) is 7.11 Å². The van der Waals surface area contributed by atoms with E-state index in [0.717, 1.165) is 11.3 Å².